The van der Waals surface area contributed by atoms with Crippen LogP contribution in [0.2, 0.25) is 0 Å². The van der Waals surface area contributed by atoms with Crippen LogP contribution in [0.5, 0.6) is 0 Å². The van der Waals surface area contributed by atoms with E-state index in [1.807, 2.05) is 18.8 Å². The molecule has 0 aliphatic heterocycles. The van der Waals surface area contributed by atoms with Gasteiger partial charge in [-0.1, -0.05) is 0 Å². The monoisotopic (exact) mass is 142 g/mol. The molecule has 1 rings (SSSR count). The summed E-state index contributed by atoms with van der Waals surface area (Å²) in [7, 11) is 1.96. The molecule has 0 saturated heterocycles. The molecule has 3 heteroatoms. The van der Waals surface area contributed by atoms with Crippen LogP contribution in [0, 0.1) is 0 Å². The van der Waals surface area contributed by atoms with Crippen molar-refractivity contribution in [2.24, 2.45) is 0 Å². The van der Waals surface area contributed by atoms with Crippen molar-refractivity contribution in [1.82, 2.24) is 10.3 Å². The summed E-state index contributed by atoms with van der Waals surface area (Å²) in [4.78, 5) is 5.32. The predicted molar refractivity (Wildman–Crippen MR) is 39.7 cm³/mol. The van der Waals surface area contributed by atoms with Crippen LogP contribution in [0.4, 0.5) is 0 Å². The smallest absolute Gasteiger partial charge is 0.0794 e. The number of rotatable bonds is 3. The standard InChI is InChI=1S/C6H10N2S/c1-7-3-2-6-4-8-5-9-6/h4-5,7H,2-3H2,1H3. The van der Waals surface area contributed by atoms with Crippen molar-refractivity contribution in [3.8, 4) is 0 Å². The third-order valence-corrected chi connectivity index (χ3v) is 1.94. The van der Waals surface area contributed by atoms with Gasteiger partial charge < -0.3 is 5.32 Å². The summed E-state index contributed by atoms with van der Waals surface area (Å²) in [5, 5.41) is 3.08. The van der Waals surface area contributed by atoms with Crippen molar-refractivity contribution in [1.29, 1.82) is 0 Å². The van der Waals surface area contributed by atoms with Gasteiger partial charge in [-0.2, -0.15) is 0 Å². The Kier molecular flexibility index (Phi) is 2.67. The quantitative estimate of drug-likeness (QED) is 0.678. The lowest BCUT2D eigenvalue weighted by Crippen LogP contribution is -2.09. The van der Waals surface area contributed by atoms with Gasteiger partial charge in [0, 0.05) is 11.1 Å². The second-order valence-electron chi connectivity index (χ2n) is 1.82. The summed E-state index contributed by atoms with van der Waals surface area (Å²) >= 11 is 1.71. The number of likely N-dealkylation sites (N-methyl/N-ethyl adjacent to an activating group) is 1. The summed E-state index contributed by atoms with van der Waals surface area (Å²) < 4.78 is 0. The molecule has 1 N–H and O–H groups in total. The van der Waals surface area contributed by atoms with Gasteiger partial charge in [0.25, 0.3) is 0 Å². The molecule has 0 unspecified atom stereocenters. The van der Waals surface area contributed by atoms with Gasteiger partial charge in [0.15, 0.2) is 0 Å². The first-order valence-electron chi connectivity index (χ1n) is 2.95. The molecule has 0 fully saturated rings. The highest BCUT2D eigenvalue weighted by Crippen LogP contribution is 2.04. The Bertz CT molecular complexity index is 148. The SMILES string of the molecule is CNCCc1cncs1. The maximum absolute atomic E-state index is 3.97. The molecule has 0 radical (unpaired) electrons. The molecule has 50 valence electrons. The molecule has 0 amide bonds. The number of nitrogens with one attached hydrogen (secondary N) is 1. The van der Waals surface area contributed by atoms with Gasteiger partial charge in [0.1, 0.15) is 0 Å². The first kappa shape index (κ1) is 6.71. The van der Waals surface area contributed by atoms with Gasteiger partial charge in [-0.25, -0.2) is 0 Å². The van der Waals surface area contributed by atoms with E-state index < -0.39 is 0 Å². The van der Waals surface area contributed by atoms with E-state index in [1.54, 1.807) is 11.3 Å². The highest BCUT2D eigenvalue weighted by atomic mass is 32.1. The third kappa shape index (κ3) is 2.11. The van der Waals surface area contributed by atoms with Crippen LogP contribution in [0.1, 0.15) is 4.88 Å². The van der Waals surface area contributed by atoms with Gasteiger partial charge in [-0.15, -0.1) is 11.3 Å². The molecule has 2 nitrogen and oxygen atoms in total. The van der Waals surface area contributed by atoms with Gasteiger partial charge in [-0.05, 0) is 20.0 Å². The molecule has 0 bridgehead atoms. The lowest BCUT2D eigenvalue weighted by molar-refractivity contribution is 0.798. The van der Waals surface area contributed by atoms with Crippen LogP contribution in [-0.2, 0) is 6.42 Å². The first-order chi connectivity index (χ1) is 4.43. The predicted octanol–water partition coefficient (Wildman–Crippen LogP) is 0.905. The molecule has 0 spiro atoms. The van der Waals surface area contributed by atoms with E-state index in [1.165, 1.54) is 4.88 Å². The van der Waals surface area contributed by atoms with E-state index in [0.29, 0.717) is 0 Å². The lowest BCUT2D eigenvalue weighted by atomic mass is 10.4. The van der Waals surface area contributed by atoms with Crippen LogP contribution in [0.3, 0.4) is 0 Å². The number of nitrogens with zero attached hydrogens (tertiary/aromatic N) is 1. The molecule has 9 heavy (non-hydrogen) atoms. The Morgan fingerprint density at radius 2 is 2.67 bits per heavy atom. The summed E-state index contributed by atoms with van der Waals surface area (Å²) in [5.74, 6) is 0. The molecule has 0 aliphatic carbocycles. The minimum absolute atomic E-state index is 1.04. The fourth-order valence-electron chi connectivity index (χ4n) is 0.614. The molecule has 1 heterocycles. The zero-order valence-electron chi connectivity index (χ0n) is 5.42. The van der Waals surface area contributed by atoms with Gasteiger partial charge in [0.2, 0.25) is 0 Å². The lowest BCUT2D eigenvalue weighted by Gasteiger charge is -1.92. The van der Waals surface area contributed by atoms with Crippen LogP contribution >= 0.6 is 11.3 Å². The Balaban J connectivity index is 2.30. The fourth-order valence-corrected chi connectivity index (χ4v) is 1.21. The van der Waals surface area contributed by atoms with Crippen molar-refractivity contribution in [3.63, 3.8) is 0 Å². The minimum atomic E-state index is 1.04. The Morgan fingerprint density at radius 1 is 1.78 bits per heavy atom. The molecular weight excluding hydrogens is 132 g/mol. The average molecular weight is 142 g/mol. The van der Waals surface area contributed by atoms with E-state index in [2.05, 4.69) is 10.3 Å². The van der Waals surface area contributed by atoms with Crippen molar-refractivity contribution in [2.75, 3.05) is 13.6 Å². The summed E-state index contributed by atoms with van der Waals surface area (Å²) in [6.45, 7) is 1.04. The van der Waals surface area contributed by atoms with Crippen LogP contribution < -0.4 is 5.32 Å². The van der Waals surface area contributed by atoms with Gasteiger partial charge in [0.05, 0.1) is 5.51 Å². The van der Waals surface area contributed by atoms with Crippen molar-refractivity contribution in [3.05, 3.63) is 16.6 Å². The number of hydrogen-bond acceptors (Lipinski definition) is 3. The molecule has 1 aromatic heterocycles. The van der Waals surface area contributed by atoms with Crippen molar-refractivity contribution >= 4 is 11.3 Å². The molecule has 0 atom stereocenters. The normalized spacial score (nSPS) is 9.89. The second-order valence-corrected chi connectivity index (χ2v) is 2.79. The zero-order chi connectivity index (χ0) is 6.53. The zero-order valence-corrected chi connectivity index (χ0v) is 6.24. The Labute approximate surface area is 58.9 Å². The number of aromatic nitrogens is 1. The molecular formula is C6H10N2S. The molecule has 0 saturated carbocycles. The largest absolute Gasteiger partial charge is 0.319 e. The highest BCUT2D eigenvalue weighted by molar-refractivity contribution is 7.09. The molecule has 1 aromatic rings. The fraction of sp³-hybridized carbons (Fsp3) is 0.500. The third-order valence-electron chi connectivity index (χ3n) is 1.10. The summed E-state index contributed by atoms with van der Waals surface area (Å²) in [6.07, 6.45) is 3.02. The number of hydrogen-bond donors (Lipinski definition) is 1. The van der Waals surface area contributed by atoms with Crippen molar-refractivity contribution in [2.45, 2.75) is 6.42 Å². The first-order valence-corrected chi connectivity index (χ1v) is 3.83. The highest BCUT2D eigenvalue weighted by Gasteiger charge is 1.90. The van der Waals surface area contributed by atoms with E-state index in [9.17, 15) is 0 Å². The Morgan fingerprint density at radius 3 is 3.22 bits per heavy atom. The molecule has 0 aromatic carbocycles. The van der Waals surface area contributed by atoms with E-state index in [4.69, 9.17) is 0 Å². The van der Waals surface area contributed by atoms with Gasteiger partial charge >= 0.3 is 0 Å². The van der Waals surface area contributed by atoms with Crippen LogP contribution in [0.15, 0.2) is 11.7 Å². The average Bonchev–Trinajstić information content (AvgIpc) is 2.34. The maximum Gasteiger partial charge on any atom is 0.0794 e. The van der Waals surface area contributed by atoms with Crippen molar-refractivity contribution < 1.29 is 0 Å². The summed E-state index contributed by atoms with van der Waals surface area (Å²) in [6, 6.07) is 0. The van der Waals surface area contributed by atoms with Crippen LogP contribution in [0.25, 0.3) is 0 Å². The summed E-state index contributed by atoms with van der Waals surface area (Å²) in [5.41, 5.74) is 1.87. The number of thiazole rings is 1. The van der Waals surface area contributed by atoms with E-state index >= 15 is 0 Å². The topological polar surface area (TPSA) is 24.9 Å². The van der Waals surface area contributed by atoms with Gasteiger partial charge in [-0.3, -0.25) is 4.98 Å². The van der Waals surface area contributed by atoms with E-state index in [0.717, 1.165) is 13.0 Å². The van der Waals surface area contributed by atoms with Crippen LogP contribution in [-0.4, -0.2) is 18.6 Å². The Hall–Kier alpha value is -0.410. The minimum Gasteiger partial charge on any atom is -0.319 e. The maximum atomic E-state index is 3.97. The molecule has 0 aliphatic rings. The second kappa shape index (κ2) is 3.58. The van der Waals surface area contributed by atoms with E-state index in [-0.39, 0.29) is 0 Å².